The molecule has 27 heavy (non-hydrogen) atoms. The van der Waals surface area contributed by atoms with E-state index in [0.717, 1.165) is 27.4 Å². The molecule has 0 saturated carbocycles. The second-order valence-corrected chi connectivity index (χ2v) is 6.95. The Balaban J connectivity index is 1.81. The summed E-state index contributed by atoms with van der Waals surface area (Å²) in [7, 11) is 0. The third-order valence-corrected chi connectivity index (χ3v) is 4.97. The topological polar surface area (TPSA) is 72.3 Å². The Morgan fingerprint density at radius 3 is 2.63 bits per heavy atom. The number of thiophene rings is 1. The number of nitrogens with zero attached hydrogens (tertiary/aromatic N) is 2. The standard InChI is InChI=1S/C18H15F3N2O3S/c1-9-3-13(5-14-16(9)11(8-27-14)4-15(24)25)26-7-12-6-22-17(18(19,20)21)23-10(12)2/h3,5-6,8H,4,7H2,1-2H3,(H,24,25). The number of aromatic nitrogens is 2. The summed E-state index contributed by atoms with van der Waals surface area (Å²) in [6.07, 6.45) is -3.52. The molecular weight excluding hydrogens is 381 g/mol. The van der Waals surface area contributed by atoms with Crippen molar-refractivity contribution in [1.29, 1.82) is 0 Å². The number of rotatable bonds is 5. The number of halogens is 3. The lowest BCUT2D eigenvalue weighted by Crippen LogP contribution is -2.13. The van der Waals surface area contributed by atoms with Gasteiger partial charge in [-0.05, 0) is 47.9 Å². The fourth-order valence-electron chi connectivity index (χ4n) is 2.73. The smallest absolute Gasteiger partial charge is 0.451 e. The second kappa shape index (κ2) is 7.15. The van der Waals surface area contributed by atoms with E-state index in [1.165, 1.54) is 18.3 Å². The second-order valence-electron chi connectivity index (χ2n) is 6.04. The first-order chi connectivity index (χ1) is 12.6. The van der Waals surface area contributed by atoms with Crippen molar-refractivity contribution < 1.29 is 27.8 Å². The molecule has 0 bridgehead atoms. The number of benzene rings is 1. The first-order valence-electron chi connectivity index (χ1n) is 7.90. The van der Waals surface area contributed by atoms with E-state index in [1.807, 2.05) is 12.3 Å². The molecule has 3 aromatic rings. The van der Waals surface area contributed by atoms with Crippen LogP contribution in [0, 0.1) is 13.8 Å². The van der Waals surface area contributed by atoms with Crippen LogP contribution >= 0.6 is 11.3 Å². The number of aliphatic carboxylic acids is 1. The number of aryl methyl sites for hydroxylation is 2. The van der Waals surface area contributed by atoms with Crippen LogP contribution in [0.4, 0.5) is 13.2 Å². The molecule has 0 fully saturated rings. The summed E-state index contributed by atoms with van der Waals surface area (Å²) in [5, 5.41) is 11.7. The highest BCUT2D eigenvalue weighted by Gasteiger charge is 2.34. The summed E-state index contributed by atoms with van der Waals surface area (Å²) in [6.45, 7) is 3.36. The zero-order valence-corrected chi connectivity index (χ0v) is 15.2. The molecule has 0 amide bonds. The predicted molar refractivity (Wildman–Crippen MR) is 94.0 cm³/mol. The number of hydrogen-bond donors (Lipinski definition) is 1. The Hall–Kier alpha value is -2.68. The van der Waals surface area contributed by atoms with Gasteiger partial charge in [0, 0.05) is 22.2 Å². The maximum Gasteiger partial charge on any atom is 0.451 e. The first-order valence-corrected chi connectivity index (χ1v) is 8.78. The summed E-state index contributed by atoms with van der Waals surface area (Å²) >= 11 is 1.42. The summed E-state index contributed by atoms with van der Waals surface area (Å²) in [6, 6.07) is 3.57. The first kappa shape index (κ1) is 19.1. The van der Waals surface area contributed by atoms with E-state index in [0.29, 0.717) is 11.3 Å². The molecule has 0 atom stereocenters. The van der Waals surface area contributed by atoms with Crippen LogP contribution in [0.5, 0.6) is 5.75 Å². The Morgan fingerprint density at radius 2 is 2.00 bits per heavy atom. The van der Waals surface area contributed by atoms with Crippen LogP contribution in [0.15, 0.2) is 23.7 Å². The van der Waals surface area contributed by atoms with E-state index in [9.17, 15) is 18.0 Å². The molecule has 0 unspecified atom stereocenters. The molecule has 9 heteroatoms. The van der Waals surface area contributed by atoms with Crippen molar-refractivity contribution in [2.24, 2.45) is 0 Å². The summed E-state index contributed by atoms with van der Waals surface area (Å²) in [5.74, 6) is -1.53. The van der Waals surface area contributed by atoms with Crippen LogP contribution in [0.1, 0.15) is 28.2 Å². The third-order valence-electron chi connectivity index (χ3n) is 3.99. The van der Waals surface area contributed by atoms with E-state index in [-0.39, 0.29) is 18.7 Å². The Kier molecular flexibility index (Phi) is 5.05. The van der Waals surface area contributed by atoms with Gasteiger partial charge in [0.1, 0.15) is 12.4 Å². The minimum absolute atomic E-state index is 0.0300. The largest absolute Gasteiger partial charge is 0.489 e. The average molecular weight is 396 g/mol. The highest BCUT2D eigenvalue weighted by Crippen LogP contribution is 2.33. The summed E-state index contributed by atoms with van der Waals surface area (Å²) in [4.78, 5) is 17.8. The van der Waals surface area contributed by atoms with Crippen molar-refractivity contribution >= 4 is 27.4 Å². The number of alkyl halides is 3. The van der Waals surface area contributed by atoms with E-state index in [4.69, 9.17) is 9.84 Å². The van der Waals surface area contributed by atoms with Crippen LogP contribution in [-0.4, -0.2) is 21.0 Å². The number of ether oxygens (including phenoxy) is 1. The zero-order chi connectivity index (χ0) is 19.8. The predicted octanol–water partition coefficient (Wildman–Crippen LogP) is 4.53. The number of carbonyl (C=O) groups is 1. The van der Waals surface area contributed by atoms with Crippen molar-refractivity contribution in [1.82, 2.24) is 9.97 Å². The minimum atomic E-state index is -4.58. The van der Waals surface area contributed by atoms with Gasteiger partial charge in [0.2, 0.25) is 5.82 Å². The third kappa shape index (κ3) is 4.19. The van der Waals surface area contributed by atoms with Gasteiger partial charge in [-0.15, -0.1) is 11.3 Å². The van der Waals surface area contributed by atoms with Crippen molar-refractivity contribution in [3.05, 3.63) is 51.9 Å². The molecule has 0 aliphatic carbocycles. The number of carboxylic acids is 1. The molecule has 1 aromatic carbocycles. The number of carboxylic acid groups (broad SMARTS) is 1. The molecule has 2 aromatic heterocycles. The zero-order valence-electron chi connectivity index (χ0n) is 14.4. The summed E-state index contributed by atoms with van der Waals surface area (Å²) in [5.41, 5.74) is 2.28. The van der Waals surface area contributed by atoms with Gasteiger partial charge in [-0.1, -0.05) is 0 Å². The van der Waals surface area contributed by atoms with Gasteiger partial charge in [0.15, 0.2) is 0 Å². The maximum atomic E-state index is 12.6. The Morgan fingerprint density at radius 1 is 1.26 bits per heavy atom. The van der Waals surface area contributed by atoms with Crippen LogP contribution in [0.3, 0.4) is 0 Å². The van der Waals surface area contributed by atoms with Crippen molar-refractivity contribution in [2.45, 2.75) is 33.1 Å². The van der Waals surface area contributed by atoms with Crippen LogP contribution < -0.4 is 4.74 Å². The van der Waals surface area contributed by atoms with Gasteiger partial charge < -0.3 is 9.84 Å². The van der Waals surface area contributed by atoms with Crippen molar-refractivity contribution in [3.63, 3.8) is 0 Å². The van der Waals surface area contributed by atoms with E-state index >= 15 is 0 Å². The lowest BCUT2D eigenvalue weighted by Gasteiger charge is -2.11. The summed E-state index contributed by atoms with van der Waals surface area (Å²) < 4.78 is 44.5. The van der Waals surface area contributed by atoms with Crippen LogP contribution in [0.2, 0.25) is 0 Å². The molecular formula is C18H15F3N2O3S. The number of hydrogen-bond acceptors (Lipinski definition) is 5. The molecule has 0 aliphatic rings. The van der Waals surface area contributed by atoms with Crippen molar-refractivity contribution in [3.8, 4) is 5.75 Å². The van der Waals surface area contributed by atoms with E-state index < -0.39 is 18.0 Å². The molecule has 1 N–H and O–H groups in total. The van der Waals surface area contributed by atoms with Gasteiger partial charge in [0.25, 0.3) is 0 Å². The highest BCUT2D eigenvalue weighted by atomic mass is 32.1. The van der Waals surface area contributed by atoms with Gasteiger partial charge >= 0.3 is 12.1 Å². The van der Waals surface area contributed by atoms with Gasteiger partial charge in [-0.2, -0.15) is 13.2 Å². The molecule has 142 valence electrons. The lowest BCUT2D eigenvalue weighted by atomic mass is 10.1. The minimum Gasteiger partial charge on any atom is -0.489 e. The Labute approximate surface area is 156 Å². The van der Waals surface area contributed by atoms with Crippen LogP contribution in [-0.2, 0) is 24.0 Å². The maximum absolute atomic E-state index is 12.6. The van der Waals surface area contributed by atoms with Gasteiger partial charge in [0.05, 0.1) is 6.42 Å². The molecule has 3 rings (SSSR count). The van der Waals surface area contributed by atoms with Gasteiger partial charge in [-0.25, -0.2) is 9.97 Å². The average Bonchev–Trinajstić information content (AvgIpc) is 2.95. The van der Waals surface area contributed by atoms with E-state index in [2.05, 4.69) is 9.97 Å². The molecule has 0 spiro atoms. The monoisotopic (exact) mass is 396 g/mol. The van der Waals surface area contributed by atoms with Crippen LogP contribution in [0.25, 0.3) is 10.1 Å². The molecule has 0 aliphatic heterocycles. The molecule has 5 nitrogen and oxygen atoms in total. The molecule has 0 saturated heterocycles. The highest BCUT2D eigenvalue weighted by molar-refractivity contribution is 7.17. The molecule has 2 heterocycles. The fraction of sp³-hybridized carbons (Fsp3) is 0.278. The molecule has 0 radical (unpaired) electrons. The SMILES string of the molecule is Cc1nc(C(F)(F)F)ncc1COc1cc(C)c2c(CC(=O)O)csc2c1. The lowest BCUT2D eigenvalue weighted by molar-refractivity contribution is -0.145. The van der Waals surface area contributed by atoms with E-state index in [1.54, 1.807) is 12.1 Å². The fourth-order valence-corrected chi connectivity index (χ4v) is 3.79. The Bertz CT molecular complexity index is 1010. The number of fused-ring (bicyclic) bond motifs is 1. The van der Waals surface area contributed by atoms with Gasteiger partial charge in [-0.3, -0.25) is 4.79 Å². The van der Waals surface area contributed by atoms with Crippen molar-refractivity contribution in [2.75, 3.05) is 0 Å². The normalized spacial score (nSPS) is 11.7. The quantitative estimate of drug-likeness (QED) is 0.686.